The van der Waals surface area contributed by atoms with Gasteiger partial charge in [0.1, 0.15) is 17.8 Å². The molecule has 19 heavy (non-hydrogen) atoms. The third-order valence-corrected chi connectivity index (χ3v) is 2.79. The fraction of sp³-hybridized carbons (Fsp3) is 0.143. The summed E-state index contributed by atoms with van der Waals surface area (Å²) in [7, 11) is 1.64. The second-order valence-electron chi connectivity index (χ2n) is 4.09. The SMILES string of the molecule is COc1ccc(-c2nc(Cc3ncc[nH]3)co2)cc1. The van der Waals surface area contributed by atoms with Crippen LogP contribution >= 0.6 is 0 Å². The van der Waals surface area contributed by atoms with Gasteiger partial charge in [0.25, 0.3) is 0 Å². The molecule has 0 saturated carbocycles. The number of ether oxygens (including phenoxy) is 1. The van der Waals surface area contributed by atoms with Gasteiger partial charge in [-0.05, 0) is 24.3 Å². The minimum absolute atomic E-state index is 0.601. The molecule has 0 radical (unpaired) electrons. The lowest BCUT2D eigenvalue weighted by Gasteiger charge is -1.99. The highest BCUT2D eigenvalue weighted by Gasteiger charge is 2.08. The smallest absolute Gasteiger partial charge is 0.226 e. The molecule has 0 spiro atoms. The predicted molar refractivity (Wildman–Crippen MR) is 69.9 cm³/mol. The minimum Gasteiger partial charge on any atom is -0.497 e. The van der Waals surface area contributed by atoms with Crippen LogP contribution in [0.2, 0.25) is 0 Å². The topological polar surface area (TPSA) is 63.9 Å². The summed E-state index contributed by atoms with van der Waals surface area (Å²) in [4.78, 5) is 11.6. The van der Waals surface area contributed by atoms with Crippen LogP contribution in [0.15, 0.2) is 47.3 Å². The van der Waals surface area contributed by atoms with Crippen molar-refractivity contribution in [1.82, 2.24) is 15.0 Å². The van der Waals surface area contributed by atoms with Crippen LogP contribution in [0, 0.1) is 0 Å². The number of benzene rings is 1. The maximum atomic E-state index is 5.48. The minimum atomic E-state index is 0.601. The van der Waals surface area contributed by atoms with Crippen molar-refractivity contribution in [3.05, 3.63) is 54.4 Å². The van der Waals surface area contributed by atoms with Gasteiger partial charge in [-0.15, -0.1) is 0 Å². The van der Waals surface area contributed by atoms with Crippen LogP contribution in [0.3, 0.4) is 0 Å². The quantitative estimate of drug-likeness (QED) is 0.778. The molecule has 0 aliphatic carbocycles. The molecule has 0 bridgehead atoms. The van der Waals surface area contributed by atoms with Crippen molar-refractivity contribution in [2.75, 3.05) is 7.11 Å². The first kappa shape index (κ1) is 11.5. The maximum Gasteiger partial charge on any atom is 0.226 e. The fourth-order valence-electron chi connectivity index (χ4n) is 1.82. The Hall–Kier alpha value is -2.56. The van der Waals surface area contributed by atoms with Gasteiger partial charge in [0.15, 0.2) is 0 Å². The van der Waals surface area contributed by atoms with E-state index in [0.717, 1.165) is 22.8 Å². The van der Waals surface area contributed by atoms with Crippen LogP contribution in [0.5, 0.6) is 5.75 Å². The Kier molecular flexibility index (Phi) is 3.02. The van der Waals surface area contributed by atoms with Gasteiger partial charge < -0.3 is 14.1 Å². The van der Waals surface area contributed by atoms with Gasteiger partial charge in [0.05, 0.1) is 19.2 Å². The Morgan fingerprint density at radius 2 is 2.11 bits per heavy atom. The van der Waals surface area contributed by atoms with E-state index < -0.39 is 0 Å². The molecule has 1 aromatic carbocycles. The molecule has 96 valence electrons. The highest BCUT2D eigenvalue weighted by molar-refractivity contribution is 5.54. The van der Waals surface area contributed by atoms with E-state index in [1.807, 2.05) is 24.3 Å². The average Bonchev–Trinajstić information content (AvgIpc) is 3.11. The third kappa shape index (κ3) is 2.49. The van der Waals surface area contributed by atoms with Crippen LogP contribution < -0.4 is 4.74 Å². The number of nitrogens with one attached hydrogen (secondary N) is 1. The number of methoxy groups -OCH3 is 1. The number of hydrogen-bond acceptors (Lipinski definition) is 4. The average molecular weight is 255 g/mol. The second kappa shape index (κ2) is 4.97. The zero-order valence-electron chi connectivity index (χ0n) is 10.5. The third-order valence-electron chi connectivity index (χ3n) is 2.79. The molecule has 0 unspecified atom stereocenters. The molecule has 5 heteroatoms. The molecule has 5 nitrogen and oxygen atoms in total. The van der Waals surface area contributed by atoms with Gasteiger partial charge in [-0.25, -0.2) is 9.97 Å². The van der Waals surface area contributed by atoms with Crippen LogP contribution in [0.4, 0.5) is 0 Å². The molecule has 0 fully saturated rings. The highest BCUT2D eigenvalue weighted by atomic mass is 16.5. The molecule has 3 rings (SSSR count). The highest BCUT2D eigenvalue weighted by Crippen LogP contribution is 2.22. The van der Waals surface area contributed by atoms with E-state index in [1.165, 1.54) is 0 Å². The summed E-state index contributed by atoms with van der Waals surface area (Å²) in [5, 5.41) is 0. The van der Waals surface area contributed by atoms with E-state index in [0.29, 0.717) is 12.3 Å². The fourth-order valence-corrected chi connectivity index (χ4v) is 1.82. The number of hydrogen-bond donors (Lipinski definition) is 1. The lowest BCUT2D eigenvalue weighted by molar-refractivity contribution is 0.415. The molecule has 1 N–H and O–H groups in total. The largest absolute Gasteiger partial charge is 0.497 e. The van der Waals surface area contributed by atoms with Crippen LogP contribution in [-0.2, 0) is 6.42 Å². The number of imidazole rings is 1. The molecule has 0 aliphatic rings. The Balaban J connectivity index is 1.80. The summed E-state index contributed by atoms with van der Waals surface area (Å²) in [5.41, 5.74) is 1.77. The Labute approximate surface area is 110 Å². The first-order chi connectivity index (χ1) is 9.35. The van der Waals surface area contributed by atoms with Gasteiger partial charge in [-0.1, -0.05) is 0 Å². The van der Waals surface area contributed by atoms with Crippen molar-refractivity contribution < 1.29 is 9.15 Å². The van der Waals surface area contributed by atoms with E-state index in [-0.39, 0.29) is 0 Å². The van der Waals surface area contributed by atoms with Crippen molar-refractivity contribution in [3.63, 3.8) is 0 Å². The standard InChI is InChI=1S/C14H13N3O2/c1-18-12-4-2-10(3-5-12)14-17-11(9-19-14)8-13-15-6-7-16-13/h2-7,9H,8H2,1H3,(H,15,16). The monoisotopic (exact) mass is 255 g/mol. The summed E-state index contributed by atoms with van der Waals surface area (Å²) < 4.78 is 10.6. The number of rotatable bonds is 4. The predicted octanol–water partition coefficient (Wildman–Crippen LogP) is 2.66. The van der Waals surface area contributed by atoms with E-state index >= 15 is 0 Å². The summed E-state index contributed by atoms with van der Waals surface area (Å²) >= 11 is 0. The normalized spacial score (nSPS) is 10.6. The number of aromatic nitrogens is 3. The van der Waals surface area contributed by atoms with E-state index in [4.69, 9.17) is 9.15 Å². The molecule has 0 saturated heterocycles. The zero-order valence-corrected chi connectivity index (χ0v) is 10.5. The van der Waals surface area contributed by atoms with Crippen LogP contribution in [-0.4, -0.2) is 22.1 Å². The molecule has 3 aromatic rings. The Bertz CT molecular complexity index is 642. The van der Waals surface area contributed by atoms with Gasteiger partial charge in [0.2, 0.25) is 5.89 Å². The lowest BCUT2D eigenvalue weighted by atomic mass is 10.2. The number of H-pyrrole nitrogens is 1. The molecule has 0 atom stereocenters. The zero-order chi connectivity index (χ0) is 13.1. The van der Waals surface area contributed by atoms with E-state index in [9.17, 15) is 0 Å². The van der Waals surface area contributed by atoms with Crippen LogP contribution in [0.25, 0.3) is 11.5 Å². The first-order valence-corrected chi connectivity index (χ1v) is 5.92. The van der Waals surface area contributed by atoms with Gasteiger partial charge in [-0.2, -0.15) is 0 Å². The van der Waals surface area contributed by atoms with Crippen molar-refractivity contribution in [1.29, 1.82) is 0 Å². The number of aromatic amines is 1. The van der Waals surface area contributed by atoms with Crippen molar-refractivity contribution in [2.45, 2.75) is 6.42 Å². The van der Waals surface area contributed by atoms with E-state index in [2.05, 4.69) is 15.0 Å². The molecule has 0 amide bonds. The van der Waals surface area contributed by atoms with E-state index in [1.54, 1.807) is 25.8 Å². The number of oxazole rings is 1. The first-order valence-electron chi connectivity index (χ1n) is 5.92. The molecule has 0 aliphatic heterocycles. The Morgan fingerprint density at radius 3 is 2.79 bits per heavy atom. The molecular formula is C14H13N3O2. The molecule has 2 aromatic heterocycles. The maximum absolute atomic E-state index is 5.48. The summed E-state index contributed by atoms with van der Waals surface area (Å²) in [6.07, 6.45) is 5.80. The van der Waals surface area contributed by atoms with Crippen molar-refractivity contribution in [2.24, 2.45) is 0 Å². The second-order valence-corrected chi connectivity index (χ2v) is 4.09. The summed E-state index contributed by atoms with van der Waals surface area (Å²) in [5.74, 6) is 2.28. The van der Waals surface area contributed by atoms with Crippen molar-refractivity contribution >= 4 is 0 Å². The van der Waals surface area contributed by atoms with Gasteiger partial charge in [0, 0.05) is 18.0 Å². The summed E-state index contributed by atoms with van der Waals surface area (Å²) in [6.45, 7) is 0. The number of nitrogens with zero attached hydrogens (tertiary/aromatic N) is 2. The van der Waals surface area contributed by atoms with Crippen molar-refractivity contribution in [3.8, 4) is 17.2 Å². The summed E-state index contributed by atoms with van der Waals surface area (Å²) in [6, 6.07) is 7.60. The molecular weight excluding hydrogens is 242 g/mol. The van der Waals surface area contributed by atoms with Gasteiger partial charge >= 0.3 is 0 Å². The lowest BCUT2D eigenvalue weighted by Crippen LogP contribution is -1.90. The Morgan fingerprint density at radius 1 is 1.26 bits per heavy atom. The van der Waals surface area contributed by atoms with Gasteiger partial charge in [-0.3, -0.25) is 0 Å². The molecule has 2 heterocycles. The van der Waals surface area contributed by atoms with Crippen LogP contribution in [0.1, 0.15) is 11.5 Å².